The summed E-state index contributed by atoms with van der Waals surface area (Å²) in [6.45, 7) is 0.696. The zero-order valence-electron chi connectivity index (χ0n) is 13.6. The topological polar surface area (TPSA) is 117 Å². The van der Waals surface area contributed by atoms with Crippen LogP contribution in [-0.2, 0) is 20.7 Å². The van der Waals surface area contributed by atoms with Crippen molar-refractivity contribution in [1.29, 1.82) is 0 Å². The van der Waals surface area contributed by atoms with E-state index in [9.17, 15) is 14.4 Å². The Morgan fingerprint density at radius 1 is 1.12 bits per heavy atom. The normalized spacial score (nSPS) is 11.4. The molecule has 0 unspecified atom stereocenters. The lowest BCUT2D eigenvalue weighted by Crippen LogP contribution is -2.51. The molecule has 4 N–H and O–H groups in total. The summed E-state index contributed by atoms with van der Waals surface area (Å²) in [6.07, 6.45) is 0.142. The fourth-order valence-corrected chi connectivity index (χ4v) is 1.95. The fourth-order valence-electron chi connectivity index (χ4n) is 1.95. The van der Waals surface area contributed by atoms with Gasteiger partial charge in [0.15, 0.2) is 0 Å². The molecule has 0 saturated heterocycles. The lowest BCUT2D eigenvalue weighted by molar-refractivity contribution is -0.136. The van der Waals surface area contributed by atoms with Crippen LogP contribution in [0.2, 0.25) is 0 Å². The Hall–Kier alpha value is -2.61. The Morgan fingerprint density at radius 3 is 2.46 bits per heavy atom. The summed E-state index contributed by atoms with van der Waals surface area (Å²) in [5, 5.41) is 16.2. The minimum Gasteiger partial charge on any atom is -0.481 e. The van der Waals surface area contributed by atoms with Crippen molar-refractivity contribution < 1.29 is 24.2 Å². The van der Waals surface area contributed by atoms with Crippen LogP contribution in [0.15, 0.2) is 30.3 Å². The summed E-state index contributed by atoms with van der Waals surface area (Å²) in [6, 6.07) is 7.93. The maximum atomic E-state index is 12.2. The van der Waals surface area contributed by atoms with E-state index in [1.165, 1.54) is 7.11 Å². The molecule has 1 aromatic rings. The molecule has 8 nitrogen and oxygen atoms in total. The van der Waals surface area contributed by atoms with Gasteiger partial charge in [-0.3, -0.25) is 9.59 Å². The Kier molecular flexibility index (Phi) is 8.91. The molecule has 0 saturated carbocycles. The van der Waals surface area contributed by atoms with Crippen molar-refractivity contribution in [3.8, 4) is 0 Å². The molecule has 0 radical (unpaired) electrons. The maximum absolute atomic E-state index is 12.2. The average Bonchev–Trinajstić information content (AvgIpc) is 2.55. The Balaban J connectivity index is 2.60. The molecule has 0 aliphatic carbocycles. The summed E-state index contributed by atoms with van der Waals surface area (Å²) in [7, 11) is 1.53. The highest BCUT2D eigenvalue weighted by molar-refractivity contribution is 5.87. The van der Waals surface area contributed by atoms with E-state index < -0.39 is 18.0 Å². The number of aliphatic carboxylic acids is 1. The van der Waals surface area contributed by atoms with Crippen LogP contribution in [0.3, 0.4) is 0 Å². The van der Waals surface area contributed by atoms with Crippen LogP contribution in [0.4, 0.5) is 4.79 Å². The van der Waals surface area contributed by atoms with Crippen LogP contribution in [0.1, 0.15) is 12.0 Å². The Labute approximate surface area is 140 Å². The number of hydrogen-bond donors (Lipinski definition) is 4. The molecular formula is C16H23N3O5. The average molecular weight is 337 g/mol. The van der Waals surface area contributed by atoms with Gasteiger partial charge >= 0.3 is 12.0 Å². The van der Waals surface area contributed by atoms with Gasteiger partial charge in [0.2, 0.25) is 5.91 Å². The van der Waals surface area contributed by atoms with E-state index in [-0.39, 0.29) is 18.9 Å². The van der Waals surface area contributed by atoms with Gasteiger partial charge in [-0.15, -0.1) is 0 Å². The molecule has 0 aromatic heterocycles. The van der Waals surface area contributed by atoms with Crippen LogP contribution >= 0.6 is 0 Å². The summed E-state index contributed by atoms with van der Waals surface area (Å²) in [5.74, 6) is -1.34. The van der Waals surface area contributed by atoms with Gasteiger partial charge in [0, 0.05) is 26.6 Å². The number of nitrogens with one attached hydrogen (secondary N) is 3. The number of methoxy groups -OCH3 is 1. The third kappa shape index (κ3) is 8.14. The smallest absolute Gasteiger partial charge is 0.315 e. The van der Waals surface area contributed by atoms with E-state index in [4.69, 9.17) is 9.84 Å². The predicted octanol–water partition coefficient (Wildman–Crippen LogP) is 0.134. The SMILES string of the molecule is COCCNC(=O)[C@H](Cc1ccccc1)NC(=O)NCCC(=O)O. The van der Waals surface area contributed by atoms with Gasteiger partial charge in [-0.25, -0.2) is 4.79 Å². The Bertz CT molecular complexity index is 536. The first-order valence-corrected chi connectivity index (χ1v) is 7.59. The van der Waals surface area contributed by atoms with Gasteiger partial charge in [0.1, 0.15) is 6.04 Å². The van der Waals surface area contributed by atoms with Gasteiger partial charge in [-0.05, 0) is 5.56 Å². The first-order valence-electron chi connectivity index (χ1n) is 7.59. The first-order chi connectivity index (χ1) is 11.5. The summed E-state index contributed by atoms with van der Waals surface area (Å²) in [4.78, 5) is 34.5. The molecule has 0 aliphatic rings. The predicted molar refractivity (Wildman–Crippen MR) is 87.6 cm³/mol. The van der Waals surface area contributed by atoms with E-state index in [1.54, 1.807) is 0 Å². The molecule has 0 aliphatic heterocycles. The second kappa shape index (κ2) is 11.0. The van der Waals surface area contributed by atoms with Crippen molar-refractivity contribution in [3.05, 3.63) is 35.9 Å². The molecule has 1 rings (SSSR count). The van der Waals surface area contributed by atoms with Crippen LogP contribution in [0, 0.1) is 0 Å². The number of urea groups is 1. The highest BCUT2D eigenvalue weighted by Crippen LogP contribution is 2.03. The van der Waals surface area contributed by atoms with Crippen molar-refractivity contribution in [2.24, 2.45) is 0 Å². The third-order valence-electron chi connectivity index (χ3n) is 3.13. The summed E-state index contributed by atoms with van der Waals surface area (Å²) >= 11 is 0. The van der Waals surface area contributed by atoms with Gasteiger partial charge in [-0.1, -0.05) is 30.3 Å². The van der Waals surface area contributed by atoms with E-state index >= 15 is 0 Å². The highest BCUT2D eigenvalue weighted by Gasteiger charge is 2.20. The minimum atomic E-state index is -1.01. The lowest BCUT2D eigenvalue weighted by atomic mass is 10.1. The van der Waals surface area contributed by atoms with Gasteiger partial charge in [-0.2, -0.15) is 0 Å². The first kappa shape index (κ1) is 19.4. The molecule has 0 heterocycles. The third-order valence-corrected chi connectivity index (χ3v) is 3.13. The van der Waals surface area contributed by atoms with Crippen LogP contribution in [-0.4, -0.2) is 55.9 Å². The lowest BCUT2D eigenvalue weighted by Gasteiger charge is -2.19. The summed E-state index contributed by atoms with van der Waals surface area (Å²) < 4.78 is 4.88. The largest absolute Gasteiger partial charge is 0.481 e. The number of ether oxygens (including phenoxy) is 1. The number of hydrogen-bond acceptors (Lipinski definition) is 4. The molecule has 132 valence electrons. The number of benzene rings is 1. The second-order valence-electron chi connectivity index (χ2n) is 5.07. The molecule has 1 aromatic carbocycles. The van der Waals surface area contributed by atoms with Crippen LogP contribution in [0.25, 0.3) is 0 Å². The van der Waals surface area contributed by atoms with Crippen molar-refractivity contribution in [1.82, 2.24) is 16.0 Å². The van der Waals surface area contributed by atoms with Crippen LogP contribution < -0.4 is 16.0 Å². The molecular weight excluding hydrogens is 314 g/mol. The van der Waals surface area contributed by atoms with Crippen molar-refractivity contribution >= 4 is 17.9 Å². The van der Waals surface area contributed by atoms with E-state index in [1.807, 2.05) is 30.3 Å². The molecule has 0 spiro atoms. The standard InChI is InChI=1S/C16H23N3O5/c1-24-10-9-17-15(22)13(11-12-5-3-2-4-6-12)19-16(23)18-8-7-14(20)21/h2-6,13H,7-11H2,1H3,(H,17,22)(H,20,21)(H2,18,19,23)/t13-/m0/s1. The molecule has 24 heavy (non-hydrogen) atoms. The number of amides is 3. The van der Waals surface area contributed by atoms with Gasteiger partial charge < -0.3 is 25.8 Å². The zero-order chi connectivity index (χ0) is 17.8. The number of carbonyl (C=O) groups is 3. The van der Waals surface area contributed by atoms with E-state index in [0.29, 0.717) is 19.6 Å². The van der Waals surface area contributed by atoms with E-state index in [2.05, 4.69) is 16.0 Å². The van der Waals surface area contributed by atoms with Crippen molar-refractivity contribution in [3.63, 3.8) is 0 Å². The monoisotopic (exact) mass is 337 g/mol. The number of carboxylic acid groups (broad SMARTS) is 1. The Morgan fingerprint density at radius 2 is 1.83 bits per heavy atom. The van der Waals surface area contributed by atoms with Gasteiger partial charge in [0.25, 0.3) is 0 Å². The maximum Gasteiger partial charge on any atom is 0.315 e. The van der Waals surface area contributed by atoms with Crippen molar-refractivity contribution in [2.75, 3.05) is 26.8 Å². The minimum absolute atomic E-state index is 0.00941. The number of rotatable bonds is 10. The molecule has 3 amide bonds. The molecule has 1 atom stereocenters. The van der Waals surface area contributed by atoms with Gasteiger partial charge in [0.05, 0.1) is 13.0 Å². The zero-order valence-corrected chi connectivity index (χ0v) is 13.6. The second-order valence-corrected chi connectivity index (χ2v) is 5.07. The molecule has 8 heteroatoms. The quantitative estimate of drug-likeness (QED) is 0.453. The summed E-state index contributed by atoms with van der Waals surface area (Å²) in [5.41, 5.74) is 0.898. The number of carboxylic acids is 1. The molecule has 0 bridgehead atoms. The number of carbonyl (C=O) groups excluding carboxylic acids is 2. The fraction of sp³-hybridized carbons (Fsp3) is 0.438. The van der Waals surface area contributed by atoms with E-state index in [0.717, 1.165) is 5.56 Å². The van der Waals surface area contributed by atoms with Crippen molar-refractivity contribution in [2.45, 2.75) is 18.9 Å². The molecule has 0 fully saturated rings. The van der Waals surface area contributed by atoms with Crippen LogP contribution in [0.5, 0.6) is 0 Å². The highest BCUT2D eigenvalue weighted by atomic mass is 16.5.